The van der Waals surface area contributed by atoms with Gasteiger partial charge in [0, 0.05) is 5.92 Å². The van der Waals surface area contributed by atoms with Crippen LogP contribution in [0.3, 0.4) is 0 Å². The normalized spacial score (nSPS) is 13.5. The maximum absolute atomic E-state index is 12.0. The number of esters is 2. The molecule has 0 spiro atoms. The maximum atomic E-state index is 12.0. The van der Waals surface area contributed by atoms with E-state index >= 15 is 0 Å². The van der Waals surface area contributed by atoms with E-state index in [2.05, 4.69) is 19.2 Å². The summed E-state index contributed by atoms with van der Waals surface area (Å²) < 4.78 is 15.9. The number of carbonyl (C=O) groups is 2. The van der Waals surface area contributed by atoms with Crippen molar-refractivity contribution in [2.45, 2.75) is 59.1 Å². The highest BCUT2D eigenvalue weighted by molar-refractivity contribution is 5.75. The Labute approximate surface area is 181 Å². The largest absolute Gasteiger partial charge is 0.469 e. The number of nitrogens with one attached hydrogen (secondary N) is 1. The summed E-state index contributed by atoms with van der Waals surface area (Å²) in [6, 6.07) is 9.65. The van der Waals surface area contributed by atoms with E-state index in [1.807, 2.05) is 36.4 Å². The van der Waals surface area contributed by atoms with Crippen molar-refractivity contribution in [3.05, 3.63) is 47.5 Å². The Kier molecular flexibility index (Phi) is 13.5. The van der Waals surface area contributed by atoms with Crippen LogP contribution in [-0.4, -0.2) is 44.8 Å². The third-order valence-electron chi connectivity index (χ3n) is 4.83. The first kappa shape index (κ1) is 25.9. The van der Waals surface area contributed by atoms with Crippen LogP contribution in [0.2, 0.25) is 0 Å². The molecule has 0 bridgehead atoms. The van der Waals surface area contributed by atoms with E-state index in [1.54, 1.807) is 6.92 Å². The fourth-order valence-electron chi connectivity index (χ4n) is 2.84. The second-order valence-electron chi connectivity index (χ2n) is 7.41. The number of hydrogen-bond donors (Lipinski definition) is 1. The molecule has 1 rings (SSSR count). The van der Waals surface area contributed by atoms with Gasteiger partial charge in [-0.2, -0.15) is 0 Å². The Balaban J connectivity index is 2.51. The summed E-state index contributed by atoms with van der Waals surface area (Å²) >= 11 is 0. The van der Waals surface area contributed by atoms with E-state index in [-0.39, 0.29) is 30.3 Å². The van der Waals surface area contributed by atoms with Crippen LogP contribution in [0, 0.1) is 5.92 Å². The SMILES string of the molecule is CCCCOC(=O)[C@@H](C)NCCC(=CCC(=O)OC)[C@@H](C)COCc1ccccc1. The predicted molar refractivity (Wildman–Crippen MR) is 118 cm³/mol. The molecule has 0 aliphatic carbocycles. The minimum Gasteiger partial charge on any atom is -0.469 e. The minimum absolute atomic E-state index is 0.145. The van der Waals surface area contributed by atoms with E-state index in [4.69, 9.17) is 14.2 Å². The van der Waals surface area contributed by atoms with Gasteiger partial charge >= 0.3 is 11.9 Å². The van der Waals surface area contributed by atoms with Gasteiger partial charge in [0.25, 0.3) is 0 Å². The molecule has 0 aromatic heterocycles. The lowest BCUT2D eigenvalue weighted by molar-refractivity contribution is -0.145. The molecule has 0 saturated carbocycles. The third-order valence-corrected chi connectivity index (χ3v) is 4.83. The highest BCUT2D eigenvalue weighted by atomic mass is 16.5. The molecule has 0 saturated heterocycles. The molecule has 6 heteroatoms. The predicted octanol–water partition coefficient (Wildman–Crippen LogP) is 4.04. The summed E-state index contributed by atoms with van der Waals surface area (Å²) in [6.07, 6.45) is 4.71. The fraction of sp³-hybridized carbons (Fsp3) is 0.583. The van der Waals surface area contributed by atoms with Crippen LogP contribution in [0.25, 0.3) is 0 Å². The molecule has 0 fully saturated rings. The van der Waals surface area contributed by atoms with Crippen LogP contribution in [0.4, 0.5) is 0 Å². The lowest BCUT2D eigenvalue weighted by Crippen LogP contribution is -2.36. The smallest absolute Gasteiger partial charge is 0.322 e. The van der Waals surface area contributed by atoms with Gasteiger partial charge in [-0.1, -0.05) is 62.2 Å². The molecule has 168 valence electrons. The molecular formula is C24H37NO5. The monoisotopic (exact) mass is 419 g/mol. The maximum Gasteiger partial charge on any atom is 0.322 e. The van der Waals surface area contributed by atoms with Crippen molar-refractivity contribution >= 4 is 11.9 Å². The number of benzene rings is 1. The van der Waals surface area contributed by atoms with E-state index in [9.17, 15) is 9.59 Å². The molecule has 0 heterocycles. The molecule has 1 aromatic rings. The van der Waals surface area contributed by atoms with Crippen molar-refractivity contribution in [1.29, 1.82) is 0 Å². The lowest BCUT2D eigenvalue weighted by Gasteiger charge is -2.19. The zero-order valence-corrected chi connectivity index (χ0v) is 18.8. The second-order valence-corrected chi connectivity index (χ2v) is 7.41. The van der Waals surface area contributed by atoms with Crippen molar-refractivity contribution in [1.82, 2.24) is 5.32 Å². The van der Waals surface area contributed by atoms with Crippen molar-refractivity contribution < 1.29 is 23.8 Å². The molecule has 30 heavy (non-hydrogen) atoms. The van der Waals surface area contributed by atoms with E-state index < -0.39 is 0 Å². The lowest BCUT2D eigenvalue weighted by atomic mass is 9.97. The first-order valence-corrected chi connectivity index (χ1v) is 10.7. The molecule has 0 aliphatic rings. The van der Waals surface area contributed by atoms with Gasteiger partial charge in [0.1, 0.15) is 6.04 Å². The Morgan fingerprint density at radius 2 is 1.90 bits per heavy atom. The van der Waals surface area contributed by atoms with Crippen molar-refractivity contribution in [2.24, 2.45) is 5.92 Å². The Morgan fingerprint density at radius 1 is 1.17 bits per heavy atom. The molecule has 0 aliphatic heterocycles. The standard InChI is InChI=1S/C24H37NO5/c1-5-6-16-30-24(27)20(3)25-15-14-22(12-13-23(26)28-4)19(2)17-29-18-21-10-8-7-9-11-21/h7-12,19-20,25H,5-6,13-18H2,1-4H3/t19-,20+/m0/s1. The molecule has 0 amide bonds. The first-order chi connectivity index (χ1) is 14.5. The number of unbranched alkanes of at least 4 members (excludes halogenated alkanes) is 1. The average Bonchev–Trinajstić information content (AvgIpc) is 2.76. The average molecular weight is 420 g/mol. The van der Waals surface area contributed by atoms with Gasteiger partial charge in [0.05, 0.1) is 33.4 Å². The quantitative estimate of drug-likeness (QED) is 0.263. The van der Waals surface area contributed by atoms with Crippen molar-refractivity contribution in [3.8, 4) is 0 Å². The third kappa shape index (κ3) is 11.1. The van der Waals surface area contributed by atoms with E-state index in [1.165, 1.54) is 7.11 Å². The van der Waals surface area contributed by atoms with Gasteiger partial charge in [-0.3, -0.25) is 9.59 Å². The number of rotatable bonds is 15. The summed E-state index contributed by atoms with van der Waals surface area (Å²) in [5, 5.41) is 3.21. The Morgan fingerprint density at radius 3 is 2.57 bits per heavy atom. The molecule has 2 atom stereocenters. The number of carbonyl (C=O) groups excluding carboxylic acids is 2. The van der Waals surface area contributed by atoms with Gasteiger partial charge in [0.15, 0.2) is 0 Å². The summed E-state index contributed by atoms with van der Waals surface area (Å²) in [7, 11) is 1.38. The van der Waals surface area contributed by atoms with Crippen molar-refractivity contribution in [2.75, 3.05) is 26.9 Å². The number of methoxy groups -OCH3 is 1. The van der Waals surface area contributed by atoms with Crippen LogP contribution >= 0.6 is 0 Å². The van der Waals surface area contributed by atoms with Gasteiger partial charge in [0.2, 0.25) is 0 Å². The van der Waals surface area contributed by atoms with Gasteiger partial charge < -0.3 is 19.5 Å². The topological polar surface area (TPSA) is 73.9 Å². The van der Waals surface area contributed by atoms with Crippen LogP contribution in [0.1, 0.15) is 52.0 Å². The van der Waals surface area contributed by atoms with E-state index in [0.717, 1.165) is 24.0 Å². The Bertz CT molecular complexity index is 644. The Hall–Kier alpha value is -2.18. The van der Waals surface area contributed by atoms with Crippen molar-refractivity contribution in [3.63, 3.8) is 0 Å². The number of hydrogen-bond acceptors (Lipinski definition) is 6. The van der Waals surface area contributed by atoms with Crippen LogP contribution in [0.15, 0.2) is 42.0 Å². The van der Waals surface area contributed by atoms with Gasteiger partial charge in [-0.25, -0.2) is 0 Å². The number of ether oxygens (including phenoxy) is 3. The first-order valence-electron chi connectivity index (χ1n) is 10.7. The summed E-state index contributed by atoms with van der Waals surface area (Å²) in [5.74, 6) is -0.361. The molecule has 0 unspecified atom stereocenters. The fourth-order valence-corrected chi connectivity index (χ4v) is 2.84. The zero-order valence-electron chi connectivity index (χ0n) is 18.8. The van der Waals surface area contributed by atoms with Crippen LogP contribution in [-0.2, 0) is 30.4 Å². The zero-order chi connectivity index (χ0) is 22.2. The van der Waals surface area contributed by atoms with Gasteiger partial charge in [-0.05, 0) is 31.9 Å². The highest BCUT2D eigenvalue weighted by Crippen LogP contribution is 2.17. The minimum atomic E-state index is -0.367. The van der Waals surface area contributed by atoms with Crippen LogP contribution < -0.4 is 5.32 Å². The van der Waals surface area contributed by atoms with E-state index in [0.29, 0.717) is 32.8 Å². The molecular weight excluding hydrogens is 382 g/mol. The summed E-state index contributed by atoms with van der Waals surface area (Å²) in [4.78, 5) is 23.5. The summed E-state index contributed by atoms with van der Waals surface area (Å²) in [6.45, 7) is 8.11. The molecule has 1 aromatic carbocycles. The molecule has 6 nitrogen and oxygen atoms in total. The van der Waals surface area contributed by atoms with Crippen LogP contribution in [0.5, 0.6) is 0 Å². The highest BCUT2D eigenvalue weighted by Gasteiger charge is 2.15. The molecule has 1 N–H and O–H groups in total. The second kappa shape index (κ2) is 15.6. The summed E-state index contributed by atoms with van der Waals surface area (Å²) in [5.41, 5.74) is 2.23. The molecule has 0 radical (unpaired) electrons. The van der Waals surface area contributed by atoms with Gasteiger partial charge in [-0.15, -0.1) is 0 Å².